The zero-order chi connectivity index (χ0) is 13.0. The average molecular weight is 247 g/mol. The lowest BCUT2D eigenvalue weighted by atomic mass is 9.99. The number of ether oxygens (including phenoxy) is 1. The van der Waals surface area contributed by atoms with E-state index in [4.69, 9.17) is 4.74 Å². The minimum atomic E-state index is 0.626. The third-order valence-corrected chi connectivity index (χ3v) is 3.72. The Hall–Kier alpha value is -1.02. The molecule has 1 N–H and O–H groups in total. The molecule has 1 aromatic rings. The zero-order valence-electron chi connectivity index (χ0n) is 11.8. The van der Waals surface area contributed by atoms with Gasteiger partial charge < -0.3 is 10.1 Å². The zero-order valence-corrected chi connectivity index (χ0v) is 11.8. The number of nitrogens with one attached hydrogen (secondary N) is 1. The van der Waals surface area contributed by atoms with Crippen LogP contribution in [0, 0.1) is 12.8 Å². The standard InChI is InChI=1S/C16H25NO/c1-4-9-17-15(13-6-7-13)11-14-10-12(2)5-8-16(14)18-3/h5,8,10,13,15,17H,4,6-7,9,11H2,1-3H3. The molecule has 1 unspecified atom stereocenters. The van der Waals surface area contributed by atoms with Crippen LogP contribution < -0.4 is 10.1 Å². The molecule has 0 bridgehead atoms. The van der Waals surface area contributed by atoms with E-state index in [-0.39, 0.29) is 0 Å². The molecular weight excluding hydrogens is 222 g/mol. The lowest BCUT2D eigenvalue weighted by Crippen LogP contribution is -2.33. The van der Waals surface area contributed by atoms with Gasteiger partial charge in [-0.05, 0) is 56.7 Å². The quantitative estimate of drug-likeness (QED) is 0.798. The normalized spacial score (nSPS) is 16.6. The van der Waals surface area contributed by atoms with Crippen molar-refractivity contribution in [2.45, 2.75) is 45.6 Å². The monoisotopic (exact) mass is 247 g/mol. The topological polar surface area (TPSA) is 21.3 Å². The molecule has 2 rings (SSSR count). The molecule has 100 valence electrons. The number of benzene rings is 1. The van der Waals surface area contributed by atoms with Gasteiger partial charge >= 0.3 is 0 Å². The second kappa shape index (κ2) is 6.24. The summed E-state index contributed by atoms with van der Waals surface area (Å²) in [4.78, 5) is 0. The van der Waals surface area contributed by atoms with Crippen molar-refractivity contribution in [2.75, 3.05) is 13.7 Å². The van der Waals surface area contributed by atoms with Crippen LogP contribution in [-0.2, 0) is 6.42 Å². The molecule has 0 aliphatic heterocycles. The van der Waals surface area contributed by atoms with Crippen molar-refractivity contribution in [2.24, 2.45) is 5.92 Å². The van der Waals surface area contributed by atoms with Crippen molar-refractivity contribution in [1.82, 2.24) is 5.32 Å². The van der Waals surface area contributed by atoms with Crippen molar-refractivity contribution in [1.29, 1.82) is 0 Å². The molecule has 0 heterocycles. The first-order valence-corrected chi connectivity index (χ1v) is 7.11. The van der Waals surface area contributed by atoms with Crippen LogP contribution in [0.1, 0.15) is 37.3 Å². The first kappa shape index (κ1) is 13.4. The molecule has 1 aliphatic carbocycles. The number of hydrogen-bond donors (Lipinski definition) is 1. The van der Waals surface area contributed by atoms with Gasteiger partial charge in [0.15, 0.2) is 0 Å². The summed E-state index contributed by atoms with van der Waals surface area (Å²) in [6, 6.07) is 7.10. The highest BCUT2D eigenvalue weighted by molar-refractivity contribution is 5.37. The van der Waals surface area contributed by atoms with E-state index in [1.807, 2.05) is 0 Å². The molecule has 1 aliphatic rings. The summed E-state index contributed by atoms with van der Waals surface area (Å²) in [7, 11) is 1.76. The van der Waals surface area contributed by atoms with Crippen molar-refractivity contribution in [3.05, 3.63) is 29.3 Å². The minimum absolute atomic E-state index is 0.626. The molecule has 1 saturated carbocycles. The molecule has 0 spiro atoms. The fourth-order valence-electron chi connectivity index (χ4n) is 2.54. The van der Waals surface area contributed by atoms with Gasteiger partial charge in [-0.1, -0.05) is 24.6 Å². The van der Waals surface area contributed by atoms with Crippen molar-refractivity contribution < 1.29 is 4.74 Å². The Morgan fingerprint density at radius 3 is 2.78 bits per heavy atom. The lowest BCUT2D eigenvalue weighted by Gasteiger charge is -2.19. The Balaban J connectivity index is 2.07. The van der Waals surface area contributed by atoms with Gasteiger partial charge in [-0.2, -0.15) is 0 Å². The first-order chi connectivity index (χ1) is 8.74. The van der Waals surface area contributed by atoms with Crippen molar-refractivity contribution >= 4 is 0 Å². The third kappa shape index (κ3) is 3.49. The Morgan fingerprint density at radius 2 is 2.17 bits per heavy atom. The predicted molar refractivity (Wildman–Crippen MR) is 76.2 cm³/mol. The summed E-state index contributed by atoms with van der Waals surface area (Å²) in [5, 5.41) is 3.70. The lowest BCUT2D eigenvalue weighted by molar-refractivity contribution is 0.399. The molecule has 18 heavy (non-hydrogen) atoms. The minimum Gasteiger partial charge on any atom is -0.496 e. The van der Waals surface area contributed by atoms with Gasteiger partial charge in [0.2, 0.25) is 0 Å². The smallest absolute Gasteiger partial charge is 0.122 e. The molecule has 1 aromatic carbocycles. The molecule has 2 heteroatoms. The fraction of sp³-hybridized carbons (Fsp3) is 0.625. The molecular formula is C16H25NO. The Labute approximate surface area is 111 Å². The average Bonchev–Trinajstić information content (AvgIpc) is 3.19. The predicted octanol–water partition coefficient (Wildman–Crippen LogP) is 3.32. The summed E-state index contributed by atoms with van der Waals surface area (Å²) in [5.41, 5.74) is 2.66. The highest BCUT2D eigenvalue weighted by Gasteiger charge is 2.31. The van der Waals surface area contributed by atoms with E-state index in [0.29, 0.717) is 6.04 Å². The van der Waals surface area contributed by atoms with Crippen molar-refractivity contribution in [3.8, 4) is 5.75 Å². The highest BCUT2D eigenvalue weighted by Crippen LogP contribution is 2.35. The summed E-state index contributed by atoms with van der Waals surface area (Å²) < 4.78 is 5.48. The van der Waals surface area contributed by atoms with Gasteiger partial charge in [-0.3, -0.25) is 0 Å². The molecule has 0 amide bonds. The maximum absolute atomic E-state index is 5.48. The van der Waals surface area contributed by atoms with Crippen LogP contribution in [0.15, 0.2) is 18.2 Å². The van der Waals surface area contributed by atoms with Gasteiger partial charge in [0.25, 0.3) is 0 Å². The maximum Gasteiger partial charge on any atom is 0.122 e. The molecule has 1 fully saturated rings. The number of rotatable bonds is 7. The van der Waals surface area contributed by atoms with E-state index in [2.05, 4.69) is 37.4 Å². The second-order valence-electron chi connectivity index (χ2n) is 5.42. The number of aryl methyl sites for hydroxylation is 1. The van der Waals surface area contributed by atoms with E-state index in [0.717, 1.165) is 24.6 Å². The molecule has 1 atom stereocenters. The van der Waals surface area contributed by atoms with E-state index in [9.17, 15) is 0 Å². The van der Waals surface area contributed by atoms with E-state index in [1.165, 1.54) is 30.4 Å². The van der Waals surface area contributed by atoms with Gasteiger partial charge in [0.05, 0.1) is 7.11 Å². The van der Waals surface area contributed by atoms with Crippen molar-refractivity contribution in [3.63, 3.8) is 0 Å². The van der Waals surface area contributed by atoms with Crippen LogP contribution in [0.3, 0.4) is 0 Å². The van der Waals surface area contributed by atoms with Crippen LogP contribution in [0.2, 0.25) is 0 Å². The van der Waals surface area contributed by atoms with Crippen LogP contribution in [0.25, 0.3) is 0 Å². The van der Waals surface area contributed by atoms with Crippen LogP contribution in [0.5, 0.6) is 5.75 Å². The highest BCUT2D eigenvalue weighted by atomic mass is 16.5. The van der Waals surface area contributed by atoms with Crippen LogP contribution in [0.4, 0.5) is 0 Å². The SMILES string of the molecule is CCCNC(Cc1cc(C)ccc1OC)C1CC1. The Bertz CT molecular complexity index is 385. The van der Waals surface area contributed by atoms with Gasteiger partial charge in [0, 0.05) is 6.04 Å². The van der Waals surface area contributed by atoms with Gasteiger partial charge in [0.1, 0.15) is 5.75 Å². The summed E-state index contributed by atoms with van der Waals surface area (Å²) in [6.45, 7) is 5.49. The van der Waals surface area contributed by atoms with Gasteiger partial charge in [-0.15, -0.1) is 0 Å². The second-order valence-corrected chi connectivity index (χ2v) is 5.42. The molecule has 0 radical (unpaired) electrons. The van der Waals surface area contributed by atoms with E-state index >= 15 is 0 Å². The van der Waals surface area contributed by atoms with Crippen LogP contribution >= 0.6 is 0 Å². The number of hydrogen-bond acceptors (Lipinski definition) is 2. The summed E-state index contributed by atoms with van der Waals surface area (Å²) >= 11 is 0. The Kier molecular flexibility index (Phi) is 4.65. The maximum atomic E-state index is 5.48. The van der Waals surface area contributed by atoms with Gasteiger partial charge in [-0.25, -0.2) is 0 Å². The number of methoxy groups -OCH3 is 1. The molecule has 0 aromatic heterocycles. The molecule has 0 saturated heterocycles. The Morgan fingerprint density at radius 1 is 1.39 bits per heavy atom. The van der Waals surface area contributed by atoms with Crippen LogP contribution in [-0.4, -0.2) is 19.7 Å². The third-order valence-electron chi connectivity index (χ3n) is 3.72. The molecule has 2 nitrogen and oxygen atoms in total. The summed E-state index contributed by atoms with van der Waals surface area (Å²) in [5.74, 6) is 1.91. The van der Waals surface area contributed by atoms with E-state index < -0.39 is 0 Å². The first-order valence-electron chi connectivity index (χ1n) is 7.11. The fourth-order valence-corrected chi connectivity index (χ4v) is 2.54. The largest absolute Gasteiger partial charge is 0.496 e. The van der Waals surface area contributed by atoms with E-state index in [1.54, 1.807) is 7.11 Å². The summed E-state index contributed by atoms with van der Waals surface area (Å²) in [6.07, 6.45) is 5.06.